The lowest BCUT2D eigenvalue weighted by Crippen LogP contribution is -2.38. The van der Waals surface area contributed by atoms with Gasteiger partial charge >= 0.3 is 0 Å². The second-order valence-corrected chi connectivity index (χ2v) is 6.50. The Kier molecular flexibility index (Phi) is 4.55. The minimum Gasteiger partial charge on any atom is -0.350 e. The Morgan fingerprint density at radius 2 is 2.15 bits per heavy atom. The first-order valence-corrected chi connectivity index (χ1v) is 8.83. The number of nitrogens with zero attached hydrogens (tertiary/aromatic N) is 3. The van der Waals surface area contributed by atoms with Gasteiger partial charge in [-0.1, -0.05) is 24.3 Å². The summed E-state index contributed by atoms with van der Waals surface area (Å²) in [6.07, 6.45) is 2.51. The van der Waals surface area contributed by atoms with Crippen molar-refractivity contribution in [2.24, 2.45) is 0 Å². The third kappa shape index (κ3) is 3.39. The monoisotopic (exact) mass is 364 g/mol. The van der Waals surface area contributed by atoms with Crippen molar-refractivity contribution in [3.05, 3.63) is 75.3 Å². The zero-order valence-electron chi connectivity index (χ0n) is 14.9. The van der Waals surface area contributed by atoms with Crippen molar-refractivity contribution in [1.29, 1.82) is 0 Å². The van der Waals surface area contributed by atoms with Crippen LogP contribution in [0.25, 0.3) is 5.82 Å². The Hall–Kier alpha value is -3.26. The number of carbonyl (C=O) groups is 1. The molecule has 1 aromatic carbocycles. The Labute approximate surface area is 155 Å². The molecule has 8 nitrogen and oxygen atoms in total. The molecule has 1 unspecified atom stereocenters. The van der Waals surface area contributed by atoms with Crippen molar-refractivity contribution in [2.75, 3.05) is 13.1 Å². The average Bonchev–Trinajstić information content (AvgIpc) is 3.08. The molecule has 1 atom stereocenters. The summed E-state index contributed by atoms with van der Waals surface area (Å²) in [5, 5.41) is 17.0. The summed E-state index contributed by atoms with van der Waals surface area (Å²) >= 11 is 0. The Bertz CT molecular complexity index is 1020. The molecule has 8 heteroatoms. The van der Waals surface area contributed by atoms with Crippen LogP contribution in [0.5, 0.6) is 0 Å². The van der Waals surface area contributed by atoms with E-state index in [0.29, 0.717) is 23.6 Å². The Morgan fingerprint density at radius 3 is 2.96 bits per heavy atom. The molecule has 3 aromatic rings. The van der Waals surface area contributed by atoms with Gasteiger partial charge in [-0.25, -0.2) is 9.78 Å². The van der Waals surface area contributed by atoms with E-state index in [1.807, 2.05) is 12.1 Å². The number of hydrogen-bond donors (Lipinski definition) is 3. The predicted octanol–water partition coefficient (Wildman–Crippen LogP) is 0.881. The number of hydrogen-bond acceptors (Lipinski definition) is 5. The molecule has 0 fully saturated rings. The average molecular weight is 364 g/mol. The summed E-state index contributed by atoms with van der Waals surface area (Å²) in [6, 6.07) is 11.3. The van der Waals surface area contributed by atoms with E-state index in [1.165, 1.54) is 28.1 Å². The molecule has 0 aliphatic carbocycles. The molecule has 27 heavy (non-hydrogen) atoms. The largest absolute Gasteiger partial charge is 0.350 e. The van der Waals surface area contributed by atoms with Crippen LogP contribution in [0.2, 0.25) is 0 Å². The van der Waals surface area contributed by atoms with Gasteiger partial charge in [0.2, 0.25) is 0 Å². The van der Waals surface area contributed by atoms with Crippen LogP contribution in [0.4, 0.5) is 0 Å². The summed E-state index contributed by atoms with van der Waals surface area (Å²) in [4.78, 5) is 23.8. The fourth-order valence-electron chi connectivity index (χ4n) is 3.38. The van der Waals surface area contributed by atoms with E-state index in [0.717, 1.165) is 13.0 Å². The van der Waals surface area contributed by atoms with Crippen molar-refractivity contribution < 1.29 is 4.79 Å². The number of fused-ring (bicyclic) bond motifs is 1. The van der Waals surface area contributed by atoms with Gasteiger partial charge in [-0.2, -0.15) is 10.2 Å². The van der Waals surface area contributed by atoms with Crippen LogP contribution in [0, 0.1) is 6.92 Å². The van der Waals surface area contributed by atoms with Gasteiger partial charge in [0.15, 0.2) is 5.82 Å². The molecule has 0 saturated heterocycles. The Balaban J connectivity index is 1.48. The van der Waals surface area contributed by atoms with E-state index in [1.54, 1.807) is 13.0 Å². The van der Waals surface area contributed by atoms with Gasteiger partial charge in [0.1, 0.15) is 0 Å². The first-order chi connectivity index (χ1) is 13.1. The molecule has 0 spiro atoms. The summed E-state index contributed by atoms with van der Waals surface area (Å²) in [7, 11) is 0. The summed E-state index contributed by atoms with van der Waals surface area (Å²) < 4.78 is 1.53. The lowest BCUT2D eigenvalue weighted by atomic mass is 9.94. The fraction of sp³-hybridized carbons (Fsp3) is 0.263. The molecule has 0 saturated carbocycles. The van der Waals surface area contributed by atoms with Crippen LogP contribution >= 0.6 is 0 Å². The molecule has 3 N–H and O–H groups in total. The molecule has 138 valence electrons. The third-order valence-corrected chi connectivity index (χ3v) is 4.82. The maximum Gasteiger partial charge on any atom is 0.264 e. The minimum absolute atomic E-state index is 0.0927. The van der Waals surface area contributed by atoms with E-state index in [4.69, 9.17) is 0 Å². The van der Waals surface area contributed by atoms with Crippen LogP contribution in [0.15, 0.2) is 47.4 Å². The quantitative estimate of drug-likeness (QED) is 0.637. The summed E-state index contributed by atoms with van der Waals surface area (Å²) in [5.74, 6) is 0.266. The fourth-order valence-corrected chi connectivity index (χ4v) is 3.38. The summed E-state index contributed by atoms with van der Waals surface area (Å²) in [6.45, 7) is 3.19. The number of carbonyl (C=O) groups excluding carboxylic acids is 1. The van der Waals surface area contributed by atoms with Crippen LogP contribution in [-0.4, -0.2) is 39.0 Å². The van der Waals surface area contributed by atoms with Crippen molar-refractivity contribution in [3.8, 4) is 5.82 Å². The number of amides is 1. The first-order valence-electron chi connectivity index (χ1n) is 8.83. The number of aromatic nitrogens is 4. The predicted molar refractivity (Wildman–Crippen MR) is 99.9 cm³/mol. The van der Waals surface area contributed by atoms with Crippen molar-refractivity contribution in [3.63, 3.8) is 0 Å². The highest BCUT2D eigenvalue weighted by Gasteiger charge is 2.21. The number of rotatable bonds is 4. The molecule has 1 aliphatic rings. The molecule has 2 aromatic heterocycles. The maximum atomic E-state index is 12.6. The SMILES string of the molecule is Cc1c(C(=O)NCC2NCCc3ccccc32)cnn1-c1ccc(=O)[nH]n1. The van der Waals surface area contributed by atoms with Crippen LogP contribution < -0.4 is 16.2 Å². The standard InChI is InChI=1S/C19H20N6O2/c1-12-15(10-22-25(12)17-6-7-18(26)24-23-17)19(27)21-11-16-14-5-3-2-4-13(14)8-9-20-16/h2-7,10,16,20H,8-9,11H2,1H3,(H,21,27)(H,24,26). The van der Waals surface area contributed by atoms with E-state index < -0.39 is 0 Å². The zero-order valence-corrected chi connectivity index (χ0v) is 14.9. The van der Waals surface area contributed by atoms with Crippen LogP contribution in [-0.2, 0) is 6.42 Å². The van der Waals surface area contributed by atoms with Gasteiger partial charge in [-0.15, -0.1) is 0 Å². The zero-order chi connectivity index (χ0) is 18.8. The van der Waals surface area contributed by atoms with Crippen molar-refractivity contribution in [2.45, 2.75) is 19.4 Å². The number of aromatic amines is 1. The highest BCUT2D eigenvalue weighted by atomic mass is 16.1. The molecule has 3 heterocycles. The van der Waals surface area contributed by atoms with Crippen LogP contribution in [0.1, 0.15) is 33.2 Å². The highest BCUT2D eigenvalue weighted by Crippen LogP contribution is 2.22. The second kappa shape index (κ2) is 7.16. The van der Waals surface area contributed by atoms with Gasteiger partial charge in [-0.05, 0) is 37.1 Å². The molecule has 1 amide bonds. The minimum atomic E-state index is -0.290. The van der Waals surface area contributed by atoms with Gasteiger partial charge in [-0.3, -0.25) is 9.59 Å². The van der Waals surface area contributed by atoms with Gasteiger partial charge in [0.05, 0.1) is 17.5 Å². The smallest absolute Gasteiger partial charge is 0.264 e. The highest BCUT2D eigenvalue weighted by molar-refractivity contribution is 5.95. The number of nitrogens with one attached hydrogen (secondary N) is 3. The van der Waals surface area contributed by atoms with Gasteiger partial charge in [0.25, 0.3) is 11.5 Å². The third-order valence-electron chi connectivity index (χ3n) is 4.82. The van der Waals surface area contributed by atoms with E-state index in [-0.39, 0.29) is 17.5 Å². The molecular formula is C19H20N6O2. The lowest BCUT2D eigenvalue weighted by molar-refractivity contribution is 0.0948. The molecule has 0 radical (unpaired) electrons. The molecule has 1 aliphatic heterocycles. The number of benzene rings is 1. The van der Waals surface area contributed by atoms with E-state index in [2.05, 4.69) is 38.1 Å². The molecule has 0 bridgehead atoms. The van der Waals surface area contributed by atoms with Gasteiger partial charge in [0, 0.05) is 18.7 Å². The Morgan fingerprint density at radius 1 is 1.30 bits per heavy atom. The summed E-state index contributed by atoms with van der Waals surface area (Å²) in [5.41, 5.74) is 3.40. The van der Waals surface area contributed by atoms with Crippen LogP contribution in [0.3, 0.4) is 0 Å². The first kappa shape index (κ1) is 17.2. The van der Waals surface area contributed by atoms with Crippen molar-refractivity contribution >= 4 is 5.91 Å². The van der Waals surface area contributed by atoms with Crippen molar-refractivity contribution in [1.82, 2.24) is 30.6 Å². The van der Waals surface area contributed by atoms with E-state index in [9.17, 15) is 9.59 Å². The normalized spacial score (nSPS) is 16.0. The second-order valence-electron chi connectivity index (χ2n) is 6.50. The maximum absolute atomic E-state index is 12.6. The molecular weight excluding hydrogens is 344 g/mol. The number of H-pyrrole nitrogens is 1. The lowest BCUT2D eigenvalue weighted by Gasteiger charge is -2.27. The topological polar surface area (TPSA) is 105 Å². The molecule has 4 rings (SSSR count). The van der Waals surface area contributed by atoms with E-state index >= 15 is 0 Å². The van der Waals surface area contributed by atoms with Gasteiger partial charge < -0.3 is 10.6 Å².